The number of rotatable bonds is 7. The molecule has 1 amide bonds. The smallest absolute Gasteiger partial charge is 0.225 e. The van der Waals surface area contributed by atoms with Gasteiger partial charge in [0.2, 0.25) is 5.91 Å². The summed E-state index contributed by atoms with van der Waals surface area (Å²) in [6.07, 6.45) is 7.34. The van der Waals surface area contributed by atoms with Crippen molar-refractivity contribution < 1.29 is 9.53 Å². The Morgan fingerprint density at radius 1 is 1.26 bits per heavy atom. The minimum Gasteiger partial charge on any atom is -0.380 e. The molecular formula is C20H29NO2. The van der Waals surface area contributed by atoms with Gasteiger partial charge in [-0.15, -0.1) is 0 Å². The van der Waals surface area contributed by atoms with Crippen LogP contribution in [0.15, 0.2) is 30.3 Å². The van der Waals surface area contributed by atoms with E-state index in [0.29, 0.717) is 5.92 Å². The Kier molecular flexibility index (Phi) is 5.05. The molecule has 126 valence electrons. The van der Waals surface area contributed by atoms with Crippen LogP contribution in [-0.2, 0) is 14.9 Å². The maximum absolute atomic E-state index is 12.6. The predicted molar refractivity (Wildman–Crippen MR) is 92.3 cm³/mol. The van der Waals surface area contributed by atoms with Crippen LogP contribution in [0.25, 0.3) is 0 Å². The molecule has 23 heavy (non-hydrogen) atoms. The van der Waals surface area contributed by atoms with E-state index in [2.05, 4.69) is 29.6 Å². The van der Waals surface area contributed by atoms with Gasteiger partial charge in [0, 0.05) is 19.1 Å². The molecule has 0 aliphatic heterocycles. The predicted octanol–water partition coefficient (Wildman–Crippen LogP) is 3.68. The molecule has 0 heterocycles. The van der Waals surface area contributed by atoms with Gasteiger partial charge >= 0.3 is 0 Å². The van der Waals surface area contributed by atoms with Gasteiger partial charge in [0.15, 0.2) is 0 Å². The summed E-state index contributed by atoms with van der Waals surface area (Å²) in [4.78, 5) is 12.6. The first-order chi connectivity index (χ1) is 11.2. The third-order valence-corrected chi connectivity index (χ3v) is 5.88. The summed E-state index contributed by atoms with van der Waals surface area (Å²) in [7, 11) is 1.75. The van der Waals surface area contributed by atoms with Crippen LogP contribution in [0.2, 0.25) is 0 Å². The molecule has 1 N–H and O–H groups in total. The minimum absolute atomic E-state index is 0.0596. The lowest BCUT2D eigenvalue weighted by Crippen LogP contribution is -2.42. The van der Waals surface area contributed by atoms with Crippen LogP contribution in [0.3, 0.4) is 0 Å². The maximum Gasteiger partial charge on any atom is 0.225 e. The van der Waals surface area contributed by atoms with Crippen molar-refractivity contribution in [3.63, 3.8) is 0 Å². The second-order valence-electron chi connectivity index (χ2n) is 7.40. The van der Waals surface area contributed by atoms with E-state index in [0.717, 1.165) is 6.54 Å². The van der Waals surface area contributed by atoms with Gasteiger partial charge in [-0.3, -0.25) is 4.79 Å². The van der Waals surface area contributed by atoms with Crippen molar-refractivity contribution in [3.05, 3.63) is 35.9 Å². The Bertz CT molecular complexity index is 518. The van der Waals surface area contributed by atoms with Crippen LogP contribution in [0.5, 0.6) is 0 Å². The molecule has 2 atom stereocenters. The lowest BCUT2D eigenvalue weighted by Gasteiger charge is -2.28. The Hall–Kier alpha value is -1.35. The zero-order chi connectivity index (χ0) is 16.3. The summed E-state index contributed by atoms with van der Waals surface area (Å²) >= 11 is 0. The summed E-state index contributed by atoms with van der Waals surface area (Å²) in [6, 6.07) is 10.6. The molecule has 0 aromatic heterocycles. The van der Waals surface area contributed by atoms with E-state index < -0.39 is 0 Å². The van der Waals surface area contributed by atoms with E-state index in [1.54, 1.807) is 7.11 Å². The lowest BCUT2D eigenvalue weighted by molar-refractivity contribution is -0.130. The average Bonchev–Trinajstić information content (AvgIpc) is 3.20. The summed E-state index contributed by atoms with van der Waals surface area (Å²) in [5, 5.41) is 3.20. The normalized spacial score (nSPS) is 22.5. The van der Waals surface area contributed by atoms with Crippen molar-refractivity contribution in [2.24, 2.45) is 11.8 Å². The van der Waals surface area contributed by atoms with Crippen molar-refractivity contribution in [2.75, 3.05) is 13.7 Å². The van der Waals surface area contributed by atoms with E-state index in [-0.39, 0.29) is 23.3 Å². The summed E-state index contributed by atoms with van der Waals surface area (Å²) in [5.41, 5.74) is 1.53. The topological polar surface area (TPSA) is 38.3 Å². The molecule has 0 radical (unpaired) electrons. The quantitative estimate of drug-likeness (QED) is 0.833. The van der Waals surface area contributed by atoms with Crippen LogP contribution in [0.1, 0.15) is 51.0 Å². The van der Waals surface area contributed by atoms with Crippen LogP contribution in [0, 0.1) is 11.8 Å². The van der Waals surface area contributed by atoms with Crippen molar-refractivity contribution in [1.29, 1.82) is 0 Å². The van der Waals surface area contributed by atoms with E-state index in [1.807, 2.05) is 13.0 Å². The van der Waals surface area contributed by atoms with Gasteiger partial charge in [0.1, 0.15) is 0 Å². The second kappa shape index (κ2) is 7.04. The van der Waals surface area contributed by atoms with E-state index in [9.17, 15) is 4.79 Å². The van der Waals surface area contributed by atoms with Gasteiger partial charge in [-0.25, -0.2) is 0 Å². The van der Waals surface area contributed by atoms with Crippen molar-refractivity contribution >= 4 is 5.91 Å². The van der Waals surface area contributed by atoms with Gasteiger partial charge in [0.25, 0.3) is 0 Å². The molecule has 0 spiro atoms. The van der Waals surface area contributed by atoms with Crippen LogP contribution < -0.4 is 5.32 Å². The Morgan fingerprint density at radius 2 is 1.91 bits per heavy atom. The number of nitrogens with one attached hydrogen (secondary N) is 1. The molecule has 2 saturated carbocycles. The van der Waals surface area contributed by atoms with Crippen molar-refractivity contribution in [2.45, 2.75) is 57.0 Å². The standard InChI is InChI=1S/C20H29NO2/c1-15(18(23-2)16-8-6-7-9-16)19(22)21-14-20(12-13-20)17-10-4-3-5-11-17/h3-5,10-11,15-16,18H,6-9,12-14H2,1-2H3,(H,21,22)/t15-,18-/m1/s1. The van der Waals surface area contributed by atoms with Gasteiger partial charge in [-0.2, -0.15) is 0 Å². The Morgan fingerprint density at radius 3 is 2.48 bits per heavy atom. The van der Waals surface area contributed by atoms with E-state index in [4.69, 9.17) is 4.74 Å². The number of benzene rings is 1. The second-order valence-corrected chi connectivity index (χ2v) is 7.40. The molecule has 2 aliphatic carbocycles. The molecule has 0 unspecified atom stereocenters. The Labute approximate surface area is 139 Å². The first kappa shape index (κ1) is 16.5. The summed E-state index contributed by atoms with van der Waals surface area (Å²) in [5.74, 6) is 0.616. The first-order valence-corrected chi connectivity index (χ1v) is 9.02. The fourth-order valence-corrected chi connectivity index (χ4v) is 4.17. The molecule has 3 rings (SSSR count). The van der Waals surface area contributed by atoms with Gasteiger partial charge < -0.3 is 10.1 Å². The van der Waals surface area contributed by atoms with Crippen molar-refractivity contribution in [1.82, 2.24) is 5.32 Å². The number of carbonyl (C=O) groups excluding carboxylic acids is 1. The zero-order valence-electron chi connectivity index (χ0n) is 14.4. The lowest BCUT2D eigenvalue weighted by atomic mass is 9.89. The minimum atomic E-state index is -0.0744. The molecular weight excluding hydrogens is 286 g/mol. The average molecular weight is 315 g/mol. The number of methoxy groups -OCH3 is 1. The highest BCUT2D eigenvalue weighted by Gasteiger charge is 2.44. The number of ether oxygens (including phenoxy) is 1. The zero-order valence-corrected chi connectivity index (χ0v) is 14.4. The fraction of sp³-hybridized carbons (Fsp3) is 0.650. The molecule has 3 heteroatoms. The third-order valence-electron chi connectivity index (χ3n) is 5.88. The van der Waals surface area contributed by atoms with E-state index in [1.165, 1.54) is 44.1 Å². The molecule has 0 bridgehead atoms. The molecule has 3 nitrogen and oxygen atoms in total. The van der Waals surface area contributed by atoms with Crippen molar-refractivity contribution in [3.8, 4) is 0 Å². The maximum atomic E-state index is 12.6. The fourth-order valence-electron chi connectivity index (χ4n) is 4.17. The van der Waals surface area contributed by atoms with Crippen LogP contribution in [-0.4, -0.2) is 25.7 Å². The number of hydrogen-bond donors (Lipinski definition) is 1. The van der Waals surface area contributed by atoms with E-state index >= 15 is 0 Å². The molecule has 0 saturated heterocycles. The van der Waals surface area contributed by atoms with Gasteiger partial charge in [0.05, 0.1) is 12.0 Å². The molecule has 1 aromatic rings. The largest absolute Gasteiger partial charge is 0.380 e. The highest BCUT2D eigenvalue weighted by molar-refractivity contribution is 5.79. The van der Waals surface area contributed by atoms with Crippen LogP contribution >= 0.6 is 0 Å². The Balaban J connectivity index is 1.56. The third kappa shape index (κ3) is 3.60. The van der Waals surface area contributed by atoms with Gasteiger partial charge in [-0.05, 0) is 37.2 Å². The molecule has 1 aromatic carbocycles. The molecule has 2 fully saturated rings. The SMILES string of the molecule is CO[C@@H](C1CCCC1)[C@@H](C)C(=O)NCC1(c2ccccc2)CC1. The highest BCUT2D eigenvalue weighted by Crippen LogP contribution is 2.47. The van der Waals surface area contributed by atoms with Crippen LogP contribution in [0.4, 0.5) is 0 Å². The highest BCUT2D eigenvalue weighted by atomic mass is 16.5. The first-order valence-electron chi connectivity index (χ1n) is 9.02. The monoisotopic (exact) mass is 315 g/mol. The summed E-state index contributed by atoms with van der Waals surface area (Å²) < 4.78 is 5.69. The summed E-state index contributed by atoms with van der Waals surface area (Å²) in [6.45, 7) is 2.77. The van der Waals surface area contributed by atoms with Gasteiger partial charge in [-0.1, -0.05) is 50.1 Å². The number of amides is 1. The number of carbonyl (C=O) groups is 1. The number of hydrogen-bond acceptors (Lipinski definition) is 2. The molecule has 2 aliphatic rings.